The second-order valence-corrected chi connectivity index (χ2v) is 4.44. The van der Waals surface area contributed by atoms with Crippen LogP contribution >= 0.6 is 11.8 Å². The number of rotatable bonds is 4. The quantitative estimate of drug-likeness (QED) is 0.638. The van der Waals surface area contributed by atoms with Gasteiger partial charge in [0.25, 0.3) is 6.43 Å². The Morgan fingerprint density at radius 2 is 2.05 bits per heavy atom. The molecule has 0 saturated carbocycles. The van der Waals surface area contributed by atoms with Crippen LogP contribution in [0, 0.1) is 6.92 Å². The summed E-state index contributed by atoms with van der Waals surface area (Å²) in [6, 6.07) is 1.75. The fourth-order valence-corrected chi connectivity index (χ4v) is 1.95. The van der Waals surface area contributed by atoms with Crippen molar-refractivity contribution in [1.82, 2.24) is 19.7 Å². The molecule has 2 rings (SSSR count). The van der Waals surface area contributed by atoms with Gasteiger partial charge in [0, 0.05) is 18.0 Å². The van der Waals surface area contributed by atoms with Crippen molar-refractivity contribution in [2.75, 3.05) is 6.26 Å². The van der Waals surface area contributed by atoms with Gasteiger partial charge in [-0.25, -0.2) is 18.7 Å². The van der Waals surface area contributed by atoms with Crippen LogP contribution in [-0.4, -0.2) is 32.4 Å². The number of hydrogen-bond donors (Lipinski definition) is 0. The average Bonchev–Trinajstić information content (AvgIpc) is 2.81. The Hall–Kier alpha value is -1.50. The molecule has 2 heterocycles. The summed E-state index contributed by atoms with van der Waals surface area (Å²) >= 11 is 1.43. The van der Waals surface area contributed by atoms with E-state index in [1.54, 1.807) is 25.4 Å². The second kappa shape index (κ2) is 7.94. The minimum atomic E-state index is -2.41. The number of aryl methyl sites for hydroxylation is 1. The van der Waals surface area contributed by atoms with Crippen LogP contribution in [0.5, 0.6) is 0 Å². The zero-order valence-corrected chi connectivity index (χ0v) is 12.8. The van der Waals surface area contributed by atoms with Gasteiger partial charge in [0.15, 0.2) is 5.16 Å². The predicted molar refractivity (Wildman–Crippen MR) is 77.1 cm³/mol. The monoisotopic (exact) mass is 300 g/mol. The van der Waals surface area contributed by atoms with Crippen molar-refractivity contribution < 1.29 is 8.78 Å². The van der Waals surface area contributed by atoms with E-state index >= 15 is 0 Å². The summed E-state index contributed by atoms with van der Waals surface area (Å²) in [7, 11) is 0. The first-order valence-corrected chi connectivity index (χ1v) is 7.52. The topological polar surface area (TPSA) is 43.6 Å². The molecular formula is C13H18F2N4S. The van der Waals surface area contributed by atoms with Crippen LogP contribution in [0.3, 0.4) is 0 Å². The first kappa shape index (κ1) is 16.6. The summed E-state index contributed by atoms with van der Waals surface area (Å²) in [5, 5.41) is 4.70. The summed E-state index contributed by atoms with van der Waals surface area (Å²) in [4.78, 5) is 8.40. The molecule has 7 heteroatoms. The van der Waals surface area contributed by atoms with E-state index in [2.05, 4.69) is 15.1 Å². The highest BCUT2D eigenvalue weighted by atomic mass is 32.2. The lowest BCUT2D eigenvalue weighted by Gasteiger charge is -2.00. The summed E-state index contributed by atoms with van der Waals surface area (Å²) < 4.78 is 25.8. The summed E-state index contributed by atoms with van der Waals surface area (Å²) in [5.41, 5.74) is 2.14. The summed E-state index contributed by atoms with van der Waals surface area (Å²) in [6.45, 7) is 5.37. The predicted octanol–water partition coefficient (Wildman–Crippen LogP) is 3.66. The average molecular weight is 300 g/mol. The van der Waals surface area contributed by atoms with Crippen molar-refractivity contribution in [2.24, 2.45) is 0 Å². The van der Waals surface area contributed by atoms with E-state index in [4.69, 9.17) is 0 Å². The van der Waals surface area contributed by atoms with Crippen molar-refractivity contribution in [2.45, 2.75) is 38.9 Å². The normalized spacial score (nSPS) is 10.3. The molecular weight excluding hydrogens is 282 g/mol. The van der Waals surface area contributed by atoms with Crippen LogP contribution in [0.15, 0.2) is 23.6 Å². The van der Waals surface area contributed by atoms with Crippen molar-refractivity contribution in [3.8, 4) is 11.3 Å². The van der Waals surface area contributed by atoms with Gasteiger partial charge < -0.3 is 0 Å². The molecule has 0 aliphatic heterocycles. The molecule has 0 bridgehead atoms. The summed E-state index contributed by atoms with van der Waals surface area (Å²) in [5.74, 6) is 0. The highest BCUT2D eigenvalue weighted by molar-refractivity contribution is 7.98. The molecule has 0 saturated heterocycles. The van der Waals surface area contributed by atoms with E-state index in [-0.39, 0.29) is 0 Å². The van der Waals surface area contributed by atoms with E-state index in [9.17, 15) is 8.78 Å². The molecule has 20 heavy (non-hydrogen) atoms. The molecule has 2 aromatic heterocycles. The van der Waals surface area contributed by atoms with E-state index in [0.717, 1.165) is 5.56 Å². The van der Waals surface area contributed by atoms with Crippen LogP contribution in [-0.2, 0) is 6.54 Å². The number of thioether (sulfide) groups is 1. The van der Waals surface area contributed by atoms with Crippen LogP contribution in [0.2, 0.25) is 0 Å². The molecule has 0 N–H and O–H groups in total. The maximum absolute atomic E-state index is 12.3. The number of alkyl halides is 2. The van der Waals surface area contributed by atoms with Crippen LogP contribution < -0.4 is 0 Å². The first-order valence-electron chi connectivity index (χ1n) is 6.29. The SMILES string of the molecule is CC.CSc1nccc(-c2cn(CC(F)F)nc2C)n1. The van der Waals surface area contributed by atoms with Gasteiger partial charge in [0.2, 0.25) is 0 Å². The molecule has 0 aliphatic rings. The fourth-order valence-electron chi connectivity index (χ4n) is 1.59. The molecule has 2 aromatic rings. The van der Waals surface area contributed by atoms with Gasteiger partial charge in [-0.1, -0.05) is 25.6 Å². The highest BCUT2D eigenvalue weighted by Gasteiger charge is 2.12. The zero-order valence-electron chi connectivity index (χ0n) is 12.0. The molecule has 0 atom stereocenters. The lowest BCUT2D eigenvalue weighted by molar-refractivity contribution is 0.121. The van der Waals surface area contributed by atoms with Gasteiger partial charge in [-0.2, -0.15) is 5.10 Å². The maximum Gasteiger partial charge on any atom is 0.257 e. The Balaban J connectivity index is 0.000000956. The van der Waals surface area contributed by atoms with Gasteiger partial charge in [-0.15, -0.1) is 0 Å². The third-order valence-electron chi connectivity index (χ3n) is 2.36. The lowest BCUT2D eigenvalue weighted by atomic mass is 10.2. The number of halogens is 2. The number of hydrogen-bond acceptors (Lipinski definition) is 4. The number of nitrogens with zero attached hydrogens (tertiary/aromatic N) is 4. The van der Waals surface area contributed by atoms with Gasteiger partial charge in [-0.3, -0.25) is 4.68 Å². The molecule has 0 unspecified atom stereocenters. The third-order valence-corrected chi connectivity index (χ3v) is 2.93. The minimum Gasteiger partial charge on any atom is -0.266 e. The molecule has 0 aromatic carbocycles. The maximum atomic E-state index is 12.3. The van der Waals surface area contributed by atoms with E-state index in [0.29, 0.717) is 16.5 Å². The Bertz CT molecular complexity index is 543. The molecule has 0 fully saturated rings. The standard InChI is InChI=1S/C11H12F2N4S.C2H6/c1-7-8(5-17(16-7)6-10(12)13)9-3-4-14-11(15-9)18-2;1-2/h3-5,10H,6H2,1-2H3;1-2H3. The number of aromatic nitrogens is 4. The van der Waals surface area contributed by atoms with Crippen LogP contribution in [0.25, 0.3) is 11.3 Å². The third kappa shape index (κ3) is 4.26. The van der Waals surface area contributed by atoms with Gasteiger partial charge in [-0.05, 0) is 19.2 Å². The van der Waals surface area contributed by atoms with Gasteiger partial charge in [0.05, 0.1) is 11.4 Å². The molecule has 4 nitrogen and oxygen atoms in total. The molecule has 0 amide bonds. The van der Waals surface area contributed by atoms with Gasteiger partial charge >= 0.3 is 0 Å². The highest BCUT2D eigenvalue weighted by Crippen LogP contribution is 2.22. The van der Waals surface area contributed by atoms with E-state index in [1.807, 2.05) is 20.1 Å². The first-order chi connectivity index (χ1) is 9.60. The van der Waals surface area contributed by atoms with E-state index < -0.39 is 13.0 Å². The fraction of sp³-hybridized carbons (Fsp3) is 0.462. The molecule has 0 aliphatic carbocycles. The van der Waals surface area contributed by atoms with Crippen LogP contribution in [0.1, 0.15) is 19.5 Å². The molecule has 0 spiro atoms. The van der Waals surface area contributed by atoms with Crippen molar-refractivity contribution in [3.05, 3.63) is 24.2 Å². The Kier molecular flexibility index (Phi) is 6.57. The second-order valence-electron chi connectivity index (χ2n) is 3.67. The summed E-state index contributed by atoms with van der Waals surface area (Å²) in [6.07, 6.45) is 2.71. The van der Waals surface area contributed by atoms with Crippen molar-refractivity contribution in [3.63, 3.8) is 0 Å². The Labute approximate surface area is 121 Å². The Morgan fingerprint density at radius 1 is 1.35 bits per heavy atom. The largest absolute Gasteiger partial charge is 0.266 e. The van der Waals surface area contributed by atoms with Gasteiger partial charge in [0.1, 0.15) is 6.54 Å². The molecule has 110 valence electrons. The smallest absolute Gasteiger partial charge is 0.257 e. The lowest BCUT2D eigenvalue weighted by Crippen LogP contribution is -2.06. The molecule has 0 radical (unpaired) electrons. The van der Waals surface area contributed by atoms with E-state index in [1.165, 1.54) is 16.4 Å². The van der Waals surface area contributed by atoms with Crippen molar-refractivity contribution >= 4 is 11.8 Å². The van der Waals surface area contributed by atoms with Crippen molar-refractivity contribution in [1.29, 1.82) is 0 Å². The van der Waals surface area contributed by atoms with Crippen LogP contribution in [0.4, 0.5) is 8.78 Å². The Morgan fingerprint density at radius 3 is 2.65 bits per heavy atom. The zero-order chi connectivity index (χ0) is 15.1. The minimum absolute atomic E-state index is 0.401.